The summed E-state index contributed by atoms with van der Waals surface area (Å²) < 4.78 is 32.2. The van der Waals surface area contributed by atoms with Gasteiger partial charge < -0.3 is 9.73 Å². The molecular formula is C11H15N3O3S2. The third-order valence-corrected chi connectivity index (χ3v) is 4.68. The standard InChI is InChI=1S/C11H15N3O3S2/c1-3-12-7-9-6-10(8(2)17-9)19(15,16)14-11-13-4-5-18-11/h4-6,12H,3,7H2,1-2H3,(H,13,14). The maximum absolute atomic E-state index is 12.2. The summed E-state index contributed by atoms with van der Waals surface area (Å²) in [6, 6.07) is 1.54. The van der Waals surface area contributed by atoms with Crippen LogP contribution in [0.3, 0.4) is 0 Å². The fourth-order valence-electron chi connectivity index (χ4n) is 1.57. The molecule has 8 heteroatoms. The van der Waals surface area contributed by atoms with Crippen molar-refractivity contribution < 1.29 is 12.8 Å². The average Bonchev–Trinajstić information content (AvgIpc) is 2.95. The van der Waals surface area contributed by atoms with E-state index >= 15 is 0 Å². The van der Waals surface area contributed by atoms with E-state index in [1.165, 1.54) is 17.4 Å². The molecule has 0 radical (unpaired) electrons. The zero-order valence-corrected chi connectivity index (χ0v) is 12.3. The quantitative estimate of drug-likeness (QED) is 0.852. The Hall–Kier alpha value is -1.38. The van der Waals surface area contributed by atoms with Crippen molar-refractivity contribution in [2.75, 3.05) is 11.3 Å². The van der Waals surface area contributed by atoms with Crippen molar-refractivity contribution >= 4 is 26.5 Å². The number of sulfonamides is 1. The van der Waals surface area contributed by atoms with Crippen molar-refractivity contribution in [2.45, 2.75) is 25.3 Å². The zero-order chi connectivity index (χ0) is 13.9. The predicted octanol–water partition coefficient (Wildman–Crippen LogP) is 1.95. The first kappa shape index (κ1) is 14.0. The fraction of sp³-hybridized carbons (Fsp3) is 0.364. The number of anilines is 1. The van der Waals surface area contributed by atoms with Crippen LogP contribution in [-0.4, -0.2) is 19.9 Å². The Bertz CT molecular complexity index is 632. The first-order valence-corrected chi connectivity index (χ1v) is 8.11. The van der Waals surface area contributed by atoms with E-state index < -0.39 is 10.0 Å². The van der Waals surface area contributed by atoms with Crippen LogP contribution in [0.4, 0.5) is 5.13 Å². The smallest absolute Gasteiger partial charge is 0.267 e. The van der Waals surface area contributed by atoms with Gasteiger partial charge in [-0.1, -0.05) is 6.92 Å². The van der Waals surface area contributed by atoms with Crippen molar-refractivity contribution in [1.29, 1.82) is 0 Å². The van der Waals surface area contributed by atoms with Gasteiger partial charge in [0.25, 0.3) is 10.0 Å². The molecule has 0 amide bonds. The van der Waals surface area contributed by atoms with Crippen molar-refractivity contribution in [3.63, 3.8) is 0 Å². The van der Waals surface area contributed by atoms with Gasteiger partial charge in [0, 0.05) is 17.6 Å². The van der Waals surface area contributed by atoms with Crippen molar-refractivity contribution in [3.8, 4) is 0 Å². The Kier molecular flexibility index (Phi) is 4.23. The molecule has 0 saturated carbocycles. The Labute approximate surface area is 115 Å². The van der Waals surface area contributed by atoms with Gasteiger partial charge in [-0.25, -0.2) is 13.4 Å². The second kappa shape index (κ2) is 5.72. The predicted molar refractivity (Wildman–Crippen MR) is 73.7 cm³/mol. The van der Waals surface area contributed by atoms with Crippen LogP contribution in [0, 0.1) is 6.92 Å². The number of thiazole rings is 1. The summed E-state index contributed by atoms with van der Waals surface area (Å²) in [5, 5.41) is 5.13. The largest absolute Gasteiger partial charge is 0.464 e. The molecule has 0 aromatic carbocycles. The molecule has 0 fully saturated rings. The summed E-state index contributed by atoms with van der Waals surface area (Å²) in [7, 11) is -3.64. The third-order valence-electron chi connectivity index (χ3n) is 2.42. The van der Waals surface area contributed by atoms with Crippen LogP contribution < -0.4 is 10.0 Å². The number of aryl methyl sites for hydroxylation is 1. The molecule has 104 valence electrons. The van der Waals surface area contributed by atoms with E-state index in [2.05, 4.69) is 15.0 Å². The second-order valence-electron chi connectivity index (χ2n) is 3.86. The molecule has 0 saturated heterocycles. The Morgan fingerprint density at radius 1 is 1.47 bits per heavy atom. The van der Waals surface area contributed by atoms with E-state index in [-0.39, 0.29) is 4.90 Å². The van der Waals surface area contributed by atoms with E-state index in [1.54, 1.807) is 18.5 Å². The minimum Gasteiger partial charge on any atom is -0.464 e. The molecule has 0 bridgehead atoms. The lowest BCUT2D eigenvalue weighted by Gasteiger charge is -2.02. The monoisotopic (exact) mass is 301 g/mol. The summed E-state index contributed by atoms with van der Waals surface area (Å²) in [6.07, 6.45) is 1.54. The Balaban J connectivity index is 2.22. The summed E-state index contributed by atoms with van der Waals surface area (Å²) >= 11 is 1.23. The molecule has 2 rings (SSSR count). The van der Waals surface area contributed by atoms with Crippen molar-refractivity contribution in [1.82, 2.24) is 10.3 Å². The average molecular weight is 301 g/mol. The van der Waals surface area contributed by atoms with Gasteiger partial charge in [0.05, 0.1) is 6.54 Å². The fourth-order valence-corrected chi connectivity index (χ4v) is 3.56. The molecule has 2 aromatic heterocycles. The lowest BCUT2D eigenvalue weighted by molar-refractivity contribution is 0.460. The lowest BCUT2D eigenvalue weighted by atomic mass is 10.4. The highest BCUT2D eigenvalue weighted by atomic mass is 32.2. The summed E-state index contributed by atoms with van der Waals surface area (Å²) in [4.78, 5) is 4.05. The maximum atomic E-state index is 12.2. The van der Waals surface area contributed by atoms with E-state index in [9.17, 15) is 8.42 Å². The normalized spacial score (nSPS) is 11.7. The minimum absolute atomic E-state index is 0.149. The molecule has 19 heavy (non-hydrogen) atoms. The highest BCUT2D eigenvalue weighted by Gasteiger charge is 2.22. The van der Waals surface area contributed by atoms with Crippen LogP contribution in [0.25, 0.3) is 0 Å². The Morgan fingerprint density at radius 3 is 2.89 bits per heavy atom. The number of hydrogen-bond acceptors (Lipinski definition) is 6. The SMILES string of the molecule is CCNCc1cc(S(=O)(=O)Nc2nccs2)c(C)o1. The highest BCUT2D eigenvalue weighted by Crippen LogP contribution is 2.23. The van der Waals surface area contributed by atoms with E-state index in [0.717, 1.165) is 6.54 Å². The van der Waals surface area contributed by atoms with Crippen molar-refractivity contribution in [2.24, 2.45) is 0 Å². The highest BCUT2D eigenvalue weighted by molar-refractivity contribution is 7.93. The topological polar surface area (TPSA) is 84.2 Å². The van der Waals surface area contributed by atoms with E-state index in [4.69, 9.17) is 4.42 Å². The van der Waals surface area contributed by atoms with Crippen LogP contribution in [0.15, 0.2) is 27.0 Å². The minimum atomic E-state index is -3.64. The first-order chi connectivity index (χ1) is 9.03. The van der Waals surface area contributed by atoms with Gasteiger partial charge in [-0.2, -0.15) is 0 Å². The van der Waals surface area contributed by atoms with Crippen LogP contribution in [0.1, 0.15) is 18.4 Å². The van der Waals surface area contributed by atoms with Gasteiger partial charge in [0.15, 0.2) is 5.13 Å². The molecule has 6 nitrogen and oxygen atoms in total. The number of nitrogens with zero attached hydrogens (tertiary/aromatic N) is 1. The molecular weight excluding hydrogens is 286 g/mol. The molecule has 0 aliphatic rings. The van der Waals surface area contributed by atoms with E-state index in [0.29, 0.717) is 23.2 Å². The maximum Gasteiger partial charge on any atom is 0.267 e. The number of hydrogen-bond donors (Lipinski definition) is 2. The van der Waals surface area contributed by atoms with Crippen LogP contribution in [0.5, 0.6) is 0 Å². The molecule has 0 unspecified atom stereocenters. The number of aromatic nitrogens is 1. The van der Waals surface area contributed by atoms with E-state index in [1.807, 2.05) is 6.92 Å². The first-order valence-electron chi connectivity index (χ1n) is 5.75. The number of rotatable bonds is 6. The number of nitrogens with one attached hydrogen (secondary N) is 2. The molecule has 0 atom stereocenters. The molecule has 0 aliphatic heterocycles. The number of furan rings is 1. The van der Waals surface area contributed by atoms with Gasteiger partial charge in [-0.05, 0) is 13.5 Å². The van der Waals surface area contributed by atoms with Gasteiger partial charge in [-0.3, -0.25) is 4.72 Å². The molecule has 0 aliphatic carbocycles. The summed E-state index contributed by atoms with van der Waals surface area (Å²) in [5.41, 5.74) is 0. The summed E-state index contributed by atoms with van der Waals surface area (Å²) in [6.45, 7) is 4.90. The van der Waals surface area contributed by atoms with Gasteiger partial charge in [0.1, 0.15) is 16.4 Å². The van der Waals surface area contributed by atoms with Crippen molar-refractivity contribution in [3.05, 3.63) is 29.2 Å². The Morgan fingerprint density at radius 2 is 2.26 bits per heavy atom. The van der Waals surface area contributed by atoms with Gasteiger partial charge in [-0.15, -0.1) is 11.3 Å². The second-order valence-corrected chi connectivity index (χ2v) is 6.40. The summed E-state index contributed by atoms with van der Waals surface area (Å²) in [5.74, 6) is 0.968. The van der Waals surface area contributed by atoms with Crippen LogP contribution >= 0.6 is 11.3 Å². The molecule has 0 spiro atoms. The zero-order valence-electron chi connectivity index (χ0n) is 10.6. The van der Waals surface area contributed by atoms with Crippen LogP contribution in [-0.2, 0) is 16.6 Å². The van der Waals surface area contributed by atoms with Gasteiger partial charge >= 0.3 is 0 Å². The molecule has 2 aromatic rings. The molecule has 2 N–H and O–H groups in total. The third kappa shape index (κ3) is 3.34. The van der Waals surface area contributed by atoms with Gasteiger partial charge in [0.2, 0.25) is 0 Å². The van der Waals surface area contributed by atoms with Crippen LogP contribution in [0.2, 0.25) is 0 Å². The molecule has 2 heterocycles. The lowest BCUT2D eigenvalue weighted by Crippen LogP contribution is -2.13.